The quantitative estimate of drug-likeness (QED) is 0.560. The molecule has 14 heavy (non-hydrogen) atoms. The van der Waals surface area contributed by atoms with Crippen molar-refractivity contribution in [1.82, 2.24) is 0 Å². The third kappa shape index (κ3) is 1.28. The molecule has 1 aliphatic carbocycles. The van der Waals surface area contributed by atoms with Crippen LogP contribution in [0.4, 0.5) is 5.69 Å². The fraction of sp³-hybridized carbons (Fsp3) is 0.417. The van der Waals surface area contributed by atoms with Crippen molar-refractivity contribution in [2.75, 3.05) is 5.32 Å². The predicted octanol–water partition coefficient (Wildman–Crippen LogP) is 2.27. The van der Waals surface area contributed by atoms with E-state index in [1.165, 1.54) is 28.7 Å². The van der Waals surface area contributed by atoms with E-state index in [1.54, 1.807) is 6.41 Å². The largest absolute Gasteiger partial charge is 0.458 e. The van der Waals surface area contributed by atoms with Crippen molar-refractivity contribution >= 4 is 12.1 Å². The number of rotatable bonds is 2. The summed E-state index contributed by atoms with van der Waals surface area (Å²) in [6.07, 6.45) is 5.21. The number of hydrogen-bond donors (Lipinski definition) is 1. The maximum Gasteiger partial charge on any atom is 0.458 e. The van der Waals surface area contributed by atoms with Crippen molar-refractivity contribution in [3.05, 3.63) is 28.3 Å². The van der Waals surface area contributed by atoms with Crippen LogP contribution in [0.3, 0.4) is 0 Å². The summed E-state index contributed by atoms with van der Waals surface area (Å²) in [5, 5.41) is 2.71. The summed E-state index contributed by atoms with van der Waals surface area (Å²) in [5.74, 6) is 0. The fourth-order valence-electron chi connectivity index (χ4n) is 2.23. The maximum atomic E-state index is 10.4. The highest BCUT2D eigenvalue weighted by atomic mass is 16.1. The molecule has 2 heteroatoms. The summed E-state index contributed by atoms with van der Waals surface area (Å²) in [4.78, 5) is 10.4. The number of carbonyl (C=O) groups excluding carboxylic acids is 1. The normalized spacial score (nSPS) is 13.6. The molecular weight excluding hydrogens is 174 g/mol. The summed E-state index contributed by atoms with van der Waals surface area (Å²) < 4.78 is 0. The second kappa shape index (κ2) is 3.39. The van der Waals surface area contributed by atoms with E-state index < -0.39 is 0 Å². The lowest BCUT2D eigenvalue weighted by atomic mass is 9.99. The van der Waals surface area contributed by atoms with Crippen LogP contribution in [0.15, 0.2) is 6.07 Å². The Bertz CT molecular complexity index is 382. The Balaban J connectivity index is 2.59. The van der Waals surface area contributed by atoms with Crippen molar-refractivity contribution in [2.45, 2.75) is 33.1 Å². The van der Waals surface area contributed by atoms with Crippen molar-refractivity contribution in [2.24, 2.45) is 0 Å². The first-order valence-electron chi connectivity index (χ1n) is 4.99. The van der Waals surface area contributed by atoms with Crippen LogP contribution < -0.4 is 5.32 Å². The van der Waals surface area contributed by atoms with Gasteiger partial charge in [-0.05, 0) is 44.2 Å². The number of aryl methyl sites for hydroxylation is 2. The Morgan fingerprint density at radius 1 is 1.36 bits per heavy atom. The molecule has 1 aromatic rings. The van der Waals surface area contributed by atoms with E-state index in [9.17, 15) is 4.79 Å². The second-order valence-electron chi connectivity index (χ2n) is 3.91. The van der Waals surface area contributed by atoms with Gasteiger partial charge in [-0.25, -0.2) is 0 Å². The van der Waals surface area contributed by atoms with Gasteiger partial charge in [0.15, 0.2) is 5.69 Å². The molecule has 0 aromatic heterocycles. The molecule has 1 N–H and O–H groups in total. The van der Waals surface area contributed by atoms with Gasteiger partial charge in [-0.1, -0.05) is 10.9 Å². The summed E-state index contributed by atoms with van der Waals surface area (Å²) in [7, 11) is 0. The molecule has 0 aliphatic heterocycles. The van der Waals surface area contributed by atoms with Gasteiger partial charge in [-0.2, -0.15) is 0 Å². The molecule has 72 valence electrons. The lowest BCUT2D eigenvalue weighted by molar-refractivity contribution is 0.561. The topological polar surface area (TPSA) is 29.1 Å². The Morgan fingerprint density at radius 3 is 2.86 bits per heavy atom. The van der Waals surface area contributed by atoms with E-state index >= 15 is 0 Å². The van der Waals surface area contributed by atoms with E-state index in [0.717, 1.165) is 18.5 Å². The molecule has 0 bridgehead atoms. The average Bonchev–Trinajstić information content (AvgIpc) is 2.60. The third-order valence-electron chi connectivity index (χ3n) is 3.10. The van der Waals surface area contributed by atoms with E-state index in [1.807, 2.05) is 6.92 Å². The van der Waals surface area contributed by atoms with Gasteiger partial charge in [0.1, 0.15) is 0 Å². The Morgan fingerprint density at radius 2 is 2.14 bits per heavy atom. The van der Waals surface area contributed by atoms with Gasteiger partial charge in [0, 0.05) is 0 Å². The lowest BCUT2D eigenvalue weighted by Gasteiger charge is -2.05. The summed E-state index contributed by atoms with van der Waals surface area (Å²) in [6.45, 7) is 4.14. The first kappa shape index (κ1) is 9.17. The second-order valence-corrected chi connectivity index (χ2v) is 3.91. The van der Waals surface area contributed by atoms with Gasteiger partial charge >= 0.3 is 6.41 Å². The van der Waals surface area contributed by atoms with Gasteiger partial charge in [0.2, 0.25) is 0 Å². The number of benzene rings is 1. The highest BCUT2D eigenvalue weighted by Crippen LogP contribution is 2.33. The van der Waals surface area contributed by atoms with Crippen LogP contribution in [0.5, 0.6) is 0 Å². The van der Waals surface area contributed by atoms with E-state index in [4.69, 9.17) is 0 Å². The smallest absolute Gasteiger partial charge is 0.124 e. The average molecular weight is 188 g/mol. The summed E-state index contributed by atoms with van der Waals surface area (Å²) >= 11 is 0. The SMILES string of the molecule is Cc1cc2c(c(N[C+]=O)c1C)CCC2. The van der Waals surface area contributed by atoms with Crippen LogP contribution >= 0.6 is 0 Å². The van der Waals surface area contributed by atoms with Gasteiger partial charge < -0.3 is 0 Å². The molecule has 2 rings (SSSR count). The maximum absolute atomic E-state index is 10.4. The molecule has 1 amide bonds. The molecule has 1 aromatic carbocycles. The number of fused-ring (bicyclic) bond motifs is 1. The first-order valence-corrected chi connectivity index (χ1v) is 4.99. The van der Waals surface area contributed by atoms with E-state index in [-0.39, 0.29) is 0 Å². The predicted molar refractivity (Wildman–Crippen MR) is 57.3 cm³/mol. The molecule has 0 saturated heterocycles. The van der Waals surface area contributed by atoms with Gasteiger partial charge in [-0.15, -0.1) is 5.32 Å². The fourth-order valence-corrected chi connectivity index (χ4v) is 2.23. The molecular formula is C12H14NO+. The highest BCUT2D eigenvalue weighted by molar-refractivity contribution is 5.78. The van der Waals surface area contributed by atoms with Crippen LogP contribution in [0.1, 0.15) is 28.7 Å². The van der Waals surface area contributed by atoms with Crippen LogP contribution in [0.25, 0.3) is 0 Å². The highest BCUT2D eigenvalue weighted by Gasteiger charge is 2.24. The molecule has 0 heterocycles. The van der Waals surface area contributed by atoms with Crippen molar-refractivity contribution in [3.63, 3.8) is 0 Å². The van der Waals surface area contributed by atoms with Crippen molar-refractivity contribution in [3.8, 4) is 0 Å². The summed E-state index contributed by atoms with van der Waals surface area (Å²) in [6, 6.07) is 2.24. The zero-order valence-corrected chi connectivity index (χ0v) is 8.61. The Kier molecular flexibility index (Phi) is 2.22. The van der Waals surface area contributed by atoms with E-state index in [0.29, 0.717) is 0 Å². The molecule has 1 aliphatic rings. The molecule has 0 unspecified atom stereocenters. The van der Waals surface area contributed by atoms with Crippen molar-refractivity contribution < 1.29 is 4.79 Å². The van der Waals surface area contributed by atoms with Crippen LogP contribution in [-0.4, -0.2) is 6.41 Å². The first-order chi connectivity index (χ1) is 6.74. The third-order valence-corrected chi connectivity index (χ3v) is 3.10. The number of nitrogens with one attached hydrogen (secondary N) is 1. The molecule has 0 radical (unpaired) electrons. The van der Waals surface area contributed by atoms with Crippen LogP contribution in [-0.2, 0) is 17.6 Å². The molecule has 0 saturated carbocycles. The van der Waals surface area contributed by atoms with Gasteiger partial charge in [0.05, 0.1) is 11.1 Å². The van der Waals surface area contributed by atoms with Crippen LogP contribution in [0.2, 0.25) is 0 Å². The molecule has 0 spiro atoms. The molecule has 2 nitrogen and oxygen atoms in total. The minimum absolute atomic E-state index is 0.993. The number of anilines is 1. The van der Waals surface area contributed by atoms with Gasteiger partial charge in [-0.3, -0.25) is 0 Å². The number of hydrogen-bond acceptors (Lipinski definition) is 1. The monoisotopic (exact) mass is 188 g/mol. The standard InChI is InChI=1S/C12H14NO/c1-8-6-10-4-3-5-11(10)12(9(8)2)13-7-14/h6H,3-5H2,1-2H3,(H,13,14)/q+1. The number of amides is 1. The lowest BCUT2D eigenvalue weighted by Crippen LogP contribution is -2.02. The van der Waals surface area contributed by atoms with Crippen molar-refractivity contribution in [1.29, 1.82) is 0 Å². The van der Waals surface area contributed by atoms with Gasteiger partial charge in [0.25, 0.3) is 0 Å². The van der Waals surface area contributed by atoms with Crippen LogP contribution in [0, 0.1) is 13.8 Å². The Labute approximate surface area is 84.3 Å². The van der Waals surface area contributed by atoms with E-state index in [2.05, 4.69) is 18.3 Å². The minimum Gasteiger partial charge on any atom is -0.124 e. The Hall–Kier alpha value is -1.40. The molecule has 0 atom stereocenters. The zero-order chi connectivity index (χ0) is 10.1. The zero-order valence-electron chi connectivity index (χ0n) is 8.61. The summed E-state index contributed by atoms with van der Waals surface area (Å²) in [5.41, 5.74) is 6.13. The minimum atomic E-state index is 0.993. The molecule has 0 fully saturated rings.